The zero-order valence-corrected chi connectivity index (χ0v) is 18.4. The van der Waals surface area contributed by atoms with Gasteiger partial charge in [0.15, 0.2) is 0 Å². The van der Waals surface area contributed by atoms with Gasteiger partial charge in [0, 0.05) is 32.1 Å². The Labute approximate surface area is 177 Å². The van der Waals surface area contributed by atoms with Gasteiger partial charge in [-0.25, -0.2) is 8.42 Å². The molecule has 1 aromatic rings. The van der Waals surface area contributed by atoms with Crippen LogP contribution in [0.5, 0.6) is 0 Å². The van der Waals surface area contributed by atoms with Crippen LogP contribution >= 0.6 is 0 Å². The molecule has 1 aliphatic rings. The van der Waals surface area contributed by atoms with Crippen molar-refractivity contribution in [3.05, 3.63) is 29.8 Å². The van der Waals surface area contributed by atoms with E-state index in [2.05, 4.69) is 4.90 Å². The van der Waals surface area contributed by atoms with Gasteiger partial charge in [0.25, 0.3) is 9.84 Å². The Kier molecular flexibility index (Phi) is 8.73. The normalized spacial score (nSPS) is 17.3. The molecule has 1 fully saturated rings. The third-order valence-electron chi connectivity index (χ3n) is 5.64. The summed E-state index contributed by atoms with van der Waals surface area (Å²) < 4.78 is 60.9. The lowest BCUT2D eigenvalue weighted by Gasteiger charge is -2.29. The van der Waals surface area contributed by atoms with Crippen molar-refractivity contribution < 1.29 is 26.4 Å². The second kappa shape index (κ2) is 10.6. The molecule has 1 aromatic carbocycles. The number of benzene rings is 1. The molecule has 0 spiro atoms. The van der Waals surface area contributed by atoms with Crippen molar-refractivity contribution in [3.63, 3.8) is 0 Å². The van der Waals surface area contributed by atoms with Gasteiger partial charge < -0.3 is 9.80 Å². The number of carbonyl (C=O) groups is 1. The van der Waals surface area contributed by atoms with Gasteiger partial charge in [-0.05, 0) is 56.8 Å². The van der Waals surface area contributed by atoms with Gasteiger partial charge in [0.1, 0.15) is 0 Å². The quantitative estimate of drug-likeness (QED) is 0.573. The average Bonchev–Trinajstić information content (AvgIpc) is 2.89. The summed E-state index contributed by atoms with van der Waals surface area (Å²) in [7, 11) is -5.32. The number of alkyl halides is 3. The van der Waals surface area contributed by atoms with E-state index in [1.807, 2.05) is 18.7 Å². The molecule has 0 N–H and O–H groups in total. The highest BCUT2D eigenvalue weighted by atomic mass is 32.2. The van der Waals surface area contributed by atoms with Crippen molar-refractivity contribution in [3.8, 4) is 0 Å². The standard InChI is InChI=1S/C21H31F3N2O3S/c1-3-25(14-7-15-26-13-6-4-5-8-20(26)27)17(2)16-18-9-11-19(12-10-18)30(28,29)21(22,23)24/h9-12,17H,3-8,13-16H2,1-2H3. The highest BCUT2D eigenvalue weighted by molar-refractivity contribution is 7.92. The predicted molar refractivity (Wildman–Crippen MR) is 110 cm³/mol. The summed E-state index contributed by atoms with van der Waals surface area (Å²) in [6.45, 7) is 7.30. The minimum Gasteiger partial charge on any atom is -0.343 e. The summed E-state index contributed by atoms with van der Waals surface area (Å²) in [6, 6.07) is 5.07. The molecule has 5 nitrogen and oxygen atoms in total. The molecule has 2 rings (SSSR count). The molecule has 1 atom stereocenters. The van der Waals surface area contributed by atoms with Crippen LogP contribution in [0.15, 0.2) is 29.2 Å². The summed E-state index contributed by atoms with van der Waals surface area (Å²) in [4.78, 5) is 15.6. The zero-order valence-electron chi connectivity index (χ0n) is 17.6. The van der Waals surface area contributed by atoms with Crippen LogP contribution in [0, 0.1) is 0 Å². The topological polar surface area (TPSA) is 57.7 Å². The Balaban J connectivity index is 1.90. The van der Waals surface area contributed by atoms with E-state index in [1.54, 1.807) is 0 Å². The fourth-order valence-electron chi connectivity index (χ4n) is 3.84. The Morgan fingerprint density at radius 2 is 1.80 bits per heavy atom. The fourth-order valence-corrected chi connectivity index (χ4v) is 4.60. The number of amides is 1. The van der Waals surface area contributed by atoms with Crippen molar-refractivity contribution >= 4 is 15.7 Å². The third-order valence-corrected chi connectivity index (χ3v) is 7.15. The molecule has 1 amide bonds. The summed E-state index contributed by atoms with van der Waals surface area (Å²) >= 11 is 0. The van der Waals surface area contributed by atoms with Crippen LogP contribution in [-0.4, -0.2) is 61.9 Å². The molecule has 9 heteroatoms. The first kappa shape index (κ1) is 24.7. The van der Waals surface area contributed by atoms with E-state index < -0.39 is 20.2 Å². The number of hydrogen-bond acceptors (Lipinski definition) is 4. The zero-order chi connectivity index (χ0) is 22.4. The van der Waals surface area contributed by atoms with Crippen molar-refractivity contribution in [1.29, 1.82) is 0 Å². The Bertz CT molecular complexity index is 795. The average molecular weight is 449 g/mol. The van der Waals surface area contributed by atoms with E-state index in [-0.39, 0.29) is 11.9 Å². The fraction of sp³-hybridized carbons (Fsp3) is 0.667. The van der Waals surface area contributed by atoms with Crippen molar-refractivity contribution in [2.45, 2.75) is 68.8 Å². The van der Waals surface area contributed by atoms with Crippen LogP contribution in [0.3, 0.4) is 0 Å². The Morgan fingerprint density at radius 1 is 1.13 bits per heavy atom. The highest BCUT2D eigenvalue weighted by Gasteiger charge is 2.46. The van der Waals surface area contributed by atoms with Crippen molar-refractivity contribution in [1.82, 2.24) is 9.80 Å². The van der Waals surface area contributed by atoms with Gasteiger partial charge in [-0.2, -0.15) is 13.2 Å². The minimum absolute atomic E-state index is 0.139. The van der Waals surface area contributed by atoms with Crippen molar-refractivity contribution in [2.75, 3.05) is 26.2 Å². The van der Waals surface area contributed by atoms with Gasteiger partial charge in [0.05, 0.1) is 4.90 Å². The Morgan fingerprint density at radius 3 is 2.40 bits per heavy atom. The molecule has 1 saturated heterocycles. The van der Waals surface area contributed by atoms with Crippen LogP contribution in [0.2, 0.25) is 0 Å². The molecular weight excluding hydrogens is 417 g/mol. The number of carbonyl (C=O) groups excluding carboxylic acids is 1. The summed E-state index contributed by atoms with van der Waals surface area (Å²) in [5, 5.41) is 0. The number of sulfone groups is 1. The predicted octanol–water partition coefficient (Wildman–Crippen LogP) is 4.03. The molecule has 0 bridgehead atoms. The molecule has 0 aromatic heterocycles. The summed E-state index contributed by atoms with van der Waals surface area (Å²) in [5.41, 5.74) is -4.51. The molecular formula is C21H31F3N2O3S. The number of likely N-dealkylation sites (tertiary alicyclic amines) is 1. The molecule has 1 heterocycles. The van der Waals surface area contributed by atoms with Gasteiger partial charge in [-0.3, -0.25) is 4.79 Å². The molecule has 0 radical (unpaired) electrons. The highest BCUT2D eigenvalue weighted by Crippen LogP contribution is 2.30. The largest absolute Gasteiger partial charge is 0.501 e. The number of rotatable bonds is 9. The molecule has 30 heavy (non-hydrogen) atoms. The van der Waals surface area contributed by atoms with E-state index in [1.165, 1.54) is 12.1 Å². The molecule has 1 aliphatic heterocycles. The van der Waals surface area contributed by atoms with E-state index in [0.717, 1.165) is 69.6 Å². The van der Waals surface area contributed by atoms with Gasteiger partial charge in [-0.1, -0.05) is 25.5 Å². The first-order valence-electron chi connectivity index (χ1n) is 10.5. The van der Waals surface area contributed by atoms with Gasteiger partial charge >= 0.3 is 5.51 Å². The van der Waals surface area contributed by atoms with Crippen LogP contribution in [0.4, 0.5) is 13.2 Å². The smallest absolute Gasteiger partial charge is 0.343 e. The third kappa shape index (κ3) is 6.44. The monoisotopic (exact) mass is 448 g/mol. The number of hydrogen-bond donors (Lipinski definition) is 0. The van der Waals surface area contributed by atoms with Crippen LogP contribution in [0.1, 0.15) is 51.5 Å². The van der Waals surface area contributed by atoms with E-state index in [0.29, 0.717) is 12.8 Å². The number of likely N-dealkylation sites (N-methyl/N-ethyl adjacent to an activating group) is 1. The maximum absolute atomic E-state index is 12.7. The second-order valence-electron chi connectivity index (χ2n) is 7.82. The lowest BCUT2D eigenvalue weighted by molar-refractivity contribution is -0.130. The molecule has 170 valence electrons. The lowest BCUT2D eigenvalue weighted by Crippen LogP contribution is -2.38. The van der Waals surface area contributed by atoms with E-state index in [9.17, 15) is 26.4 Å². The maximum Gasteiger partial charge on any atom is 0.501 e. The van der Waals surface area contributed by atoms with Crippen LogP contribution < -0.4 is 0 Å². The molecule has 0 saturated carbocycles. The maximum atomic E-state index is 12.7. The second-order valence-corrected chi connectivity index (χ2v) is 9.76. The van der Waals surface area contributed by atoms with Gasteiger partial charge in [-0.15, -0.1) is 0 Å². The minimum atomic E-state index is -5.32. The van der Waals surface area contributed by atoms with Crippen LogP contribution in [0.25, 0.3) is 0 Å². The SMILES string of the molecule is CCN(CCCN1CCCCCC1=O)C(C)Cc1ccc(S(=O)(=O)C(F)(F)F)cc1. The van der Waals surface area contributed by atoms with E-state index >= 15 is 0 Å². The number of halogens is 3. The first-order chi connectivity index (χ1) is 14.1. The lowest BCUT2D eigenvalue weighted by atomic mass is 10.1. The van der Waals surface area contributed by atoms with E-state index in [4.69, 9.17) is 0 Å². The molecule has 0 aliphatic carbocycles. The first-order valence-corrected chi connectivity index (χ1v) is 12.0. The van der Waals surface area contributed by atoms with Gasteiger partial charge in [0.2, 0.25) is 5.91 Å². The summed E-state index contributed by atoms with van der Waals surface area (Å²) in [6.07, 6.45) is 5.23. The molecule has 1 unspecified atom stereocenters. The van der Waals surface area contributed by atoms with Crippen LogP contribution in [-0.2, 0) is 21.1 Å². The number of nitrogens with zero attached hydrogens (tertiary/aromatic N) is 2. The summed E-state index contributed by atoms with van der Waals surface area (Å²) in [5.74, 6) is 0.234. The Hall–Kier alpha value is -1.61. The van der Waals surface area contributed by atoms with Crippen molar-refractivity contribution in [2.24, 2.45) is 0 Å².